The Morgan fingerprint density at radius 1 is 1.35 bits per heavy atom. The maximum absolute atomic E-state index is 13.5. The summed E-state index contributed by atoms with van der Waals surface area (Å²) < 4.78 is 13.5. The number of nitrogens with one attached hydrogen (secondary N) is 1. The minimum absolute atomic E-state index is 0.101. The summed E-state index contributed by atoms with van der Waals surface area (Å²) in [4.78, 5) is 2.27. The highest BCUT2D eigenvalue weighted by atomic mass is 19.1. The second-order valence-electron chi connectivity index (χ2n) is 6.05. The van der Waals surface area contributed by atoms with Gasteiger partial charge in [0.1, 0.15) is 5.82 Å². The van der Waals surface area contributed by atoms with Crippen LogP contribution in [0.25, 0.3) is 0 Å². The van der Waals surface area contributed by atoms with Crippen LogP contribution in [0.4, 0.5) is 10.1 Å². The zero-order valence-corrected chi connectivity index (χ0v) is 12.6. The summed E-state index contributed by atoms with van der Waals surface area (Å²) in [5.74, 6) is -0.201. The third-order valence-corrected chi connectivity index (χ3v) is 4.29. The number of rotatable bonds is 3. The maximum atomic E-state index is 13.5. The Morgan fingerprint density at radius 3 is 2.80 bits per heavy atom. The molecular formula is C16H25FN2O. The third-order valence-electron chi connectivity index (χ3n) is 4.29. The Bertz CT molecular complexity index is 462. The average molecular weight is 280 g/mol. The van der Waals surface area contributed by atoms with E-state index in [0.29, 0.717) is 0 Å². The third kappa shape index (κ3) is 3.49. The molecule has 1 heterocycles. The van der Waals surface area contributed by atoms with Gasteiger partial charge in [0.15, 0.2) is 0 Å². The molecule has 0 spiro atoms. The molecule has 1 aromatic rings. The van der Waals surface area contributed by atoms with E-state index < -0.39 is 5.60 Å². The van der Waals surface area contributed by atoms with Gasteiger partial charge in [0.25, 0.3) is 0 Å². The monoisotopic (exact) mass is 280 g/mol. The predicted octanol–water partition coefficient (Wildman–Crippen LogP) is 2.85. The van der Waals surface area contributed by atoms with Gasteiger partial charge in [0.2, 0.25) is 0 Å². The van der Waals surface area contributed by atoms with Crippen LogP contribution in [-0.4, -0.2) is 30.8 Å². The minimum Gasteiger partial charge on any atom is -0.390 e. The highest BCUT2D eigenvalue weighted by Gasteiger charge is 2.26. The van der Waals surface area contributed by atoms with E-state index in [1.807, 2.05) is 27.0 Å². The second kappa shape index (κ2) is 6.10. The first kappa shape index (κ1) is 15.3. The molecule has 1 saturated heterocycles. The SMILES string of the molecule is CNC(C)c1cc(F)ccc1N1CCCC(C)(O)CC1. The van der Waals surface area contributed by atoms with Crippen molar-refractivity contribution in [2.75, 3.05) is 25.0 Å². The van der Waals surface area contributed by atoms with E-state index in [1.165, 1.54) is 6.07 Å². The van der Waals surface area contributed by atoms with Gasteiger partial charge < -0.3 is 15.3 Å². The standard InChI is InChI=1S/C16H25FN2O/c1-12(18-3)14-11-13(17)5-6-15(14)19-9-4-7-16(2,20)8-10-19/h5-6,11-12,18,20H,4,7-10H2,1-3H3. The molecule has 0 radical (unpaired) electrons. The molecule has 1 aliphatic heterocycles. The van der Waals surface area contributed by atoms with Gasteiger partial charge in [-0.15, -0.1) is 0 Å². The molecule has 0 bridgehead atoms. The van der Waals surface area contributed by atoms with E-state index in [9.17, 15) is 9.50 Å². The van der Waals surface area contributed by atoms with Crippen LogP contribution in [0.1, 0.15) is 44.7 Å². The normalized spacial score (nSPS) is 25.4. The fourth-order valence-corrected chi connectivity index (χ4v) is 2.82. The fraction of sp³-hybridized carbons (Fsp3) is 0.625. The first-order chi connectivity index (χ1) is 9.43. The molecule has 0 aromatic heterocycles. The fourth-order valence-electron chi connectivity index (χ4n) is 2.82. The largest absolute Gasteiger partial charge is 0.390 e. The predicted molar refractivity (Wildman–Crippen MR) is 80.6 cm³/mol. The number of nitrogens with zero attached hydrogens (tertiary/aromatic N) is 1. The Morgan fingerprint density at radius 2 is 2.10 bits per heavy atom. The molecule has 1 fully saturated rings. The molecule has 0 aliphatic carbocycles. The Hall–Kier alpha value is -1.13. The summed E-state index contributed by atoms with van der Waals surface area (Å²) in [6.45, 7) is 5.65. The summed E-state index contributed by atoms with van der Waals surface area (Å²) in [7, 11) is 1.88. The quantitative estimate of drug-likeness (QED) is 0.893. The Kier molecular flexibility index (Phi) is 4.66. The smallest absolute Gasteiger partial charge is 0.123 e. The van der Waals surface area contributed by atoms with Crippen LogP contribution in [0.2, 0.25) is 0 Å². The molecule has 0 saturated carbocycles. The van der Waals surface area contributed by atoms with Gasteiger partial charge in [-0.25, -0.2) is 4.39 Å². The van der Waals surface area contributed by atoms with Gasteiger partial charge in [-0.1, -0.05) is 0 Å². The lowest BCUT2D eigenvalue weighted by atomic mass is 9.98. The van der Waals surface area contributed by atoms with Gasteiger partial charge in [0.05, 0.1) is 5.60 Å². The van der Waals surface area contributed by atoms with Crippen LogP contribution in [0, 0.1) is 5.82 Å². The number of halogens is 1. The van der Waals surface area contributed by atoms with Crippen LogP contribution < -0.4 is 10.2 Å². The number of benzene rings is 1. The average Bonchev–Trinajstić information content (AvgIpc) is 2.59. The van der Waals surface area contributed by atoms with E-state index in [1.54, 1.807) is 6.07 Å². The van der Waals surface area contributed by atoms with E-state index in [-0.39, 0.29) is 11.9 Å². The van der Waals surface area contributed by atoms with E-state index >= 15 is 0 Å². The molecule has 1 aliphatic rings. The summed E-state index contributed by atoms with van der Waals surface area (Å²) in [6, 6.07) is 5.09. The molecule has 20 heavy (non-hydrogen) atoms. The van der Waals surface area contributed by atoms with Gasteiger partial charge in [-0.2, -0.15) is 0 Å². The molecule has 3 nitrogen and oxygen atoms in total. The van der Waals surface area contributed by atoms with Crippen molar-refractivity contribution >= 4 is 5.69 Å². The molecular weight excluding hydrogens is 255 g/mol. The molecule has 1 aromatic carbocycles. The summed E-state index contributed by atoms with van der Waals surface area (Å²) in [6.07, 6.45) is 2.52. The summed E-state index contributed by atoms with van der Waals surface area (Å²) in [5, 5.41) is 13.4. The Labute approximate surface area is 120 Å². The number of hydrogen-bond acceptors (Lipinski definition) is 3. The van der Waals surface area contributed by atoms with Crippen LogP contribution in [0.3, 0.4) is 0 Å². The topological polar surface area (TPSA) is 35.5 Å². The first-order valence-electron chi connectivity index (χ1n) is 7.37. The van der Waals surface area contributed by atoms with Gasteiger partial charge in [0, 0.05) is 24.8 Å². The molecule has 4 heteroatoms. The van der Waals surface area contributed by atoms with Crippen molar-refractivity contribution < 1.29 is 9.50 Å². The number of hydrogen-bond donors (Lipinski definition) is 2. The number of anilines is 1. The number of aliphatic hydroxyl groups is 1. The lowest BCUT2D eigenvalue weighted by molar-refractivity contribution is 0.0481. The van der Waals surface area contributed by atoms with Crippen LogP contribution >= 0.6 is 0 Å². The second-order valence-corrected chi connectivity index (χ2v) is 6.05. The minimum atomic E-state index is -0.580. The molecule has 2 N–H and O–H groups in total. The molecule has 2 unspecified atom stereocenters. The molecule has 0 amide bonds. The summed E-state index contributed by atoms with van der Waals surface area (Å²) >= 11 is 0. The zero-order valence-electron chi connectivity index (χ0n) is 12.6. The van der Waals surface area contributed by atoms with E-state index in [2.05, 4.69) is 10.2 Å². The highest BCUT2D eigenvalue weighted by Crippen LogP contribution is 2.31. The maximum Gasteiger partial charge on any atom is 0.123 e. The van der Waals surface area contributed by atoms with Crippen molar-refractivity contribution in [1.82, 2.24) is 5.32 Å². The van der Waals surface area contributed by atoms with Crippen molar-refractivity contribution in [2.24, 2.45) is 0 Å². The van der Waals surface area contributed by atoms with Crippen molar-refractivity contribution in [2.45, 2.75) is 44.8 Å². The van der Waals surface area contributed by atoms with E-state index in [0.717, 1.165) is 43.6 Å². The highest BCUT2D eigenvalue weighted by molar-refractivity contribution is 5.55. The van der Waals surface area contributed by atoms with Crippen LogP contribution in [0.5, 0.6) is 0 Å². The lowest BCUT2D eigenvalue weighted by Crippen LogP contribution is -2.29. The van der Waals surface area contributed by atoms with Crippen molar-refractivity contribution in [3.8, 4) is 0 Å². The van der Waals surface area contributed by atoms with Gasteiger partial charge >= 0.3 is 0 Å². The van der Waals surface area contributed by atoms with Gasteiger partial charge in [-0.05, 0) is 63.9 Å². The molecule has 2 atom stereocenters. The van der Waals surface area contributed by atoms with Crippen LogP contribution in [0.15, 0.2) is 18.2 Å². The summed E-state index contributed by atoms with van der Waals surface area (Å²) in [5.41, 5.74) is 1.48. The zero-order chi connectivity index (χ0) is 14.8. The lowest BCUT2D eigenvalue weighted by Gasteiger charge is -2.28. The van der Waals surface area contributed by atoms with Crippen molar-refractivity contribution in [3.05, 3.63) is 29.6 Å². The molecule has 112 valence electrons. The van der Waals surface area contributed by atoms with Crippen LogP contribution in [-0.2, 0) is 0 Å². The van der Waals surface area contributed by atoms with Gasteiger partial charge in [-0.3, -0.25) is 0 Å². The Balaban J connectivity index is 2.27. The first-order valence-corrected chi connectivity index (χ1v) is 7.37. The van der Waals surface area contributed by atoms with E-state index in [4.69, 9.17) is 0 Å². The molecule has 2 rings (SSSR count). The van der Waals surface area contributed by atoms with Crippen molar-refractivity contribution in [3.63, 3.8) is 0 Å². The van der Waals surface area contributed by atoms with Crippen molar-refractivity contribution in [1.29, 1.82) is 0 Å².